The van der Waals surface area contributed by atoms with Crippen LogP contribution in [-0.4, -0.2) is 45.6 Å². The number of ether oxygens (including phenoxy) is 1. The number of aryl methyl sites for hydroxylation is 1. The molecule has 9 heteroatoms. The number of nitrogens with one attached hydrogen (secondary N) is 2. The van der Waals surface area contributed by atoms with Crippen LogP contribution in [0, 0.1) is 0 Å². The molecule has 0 aliphatic carbocycles. The summed E-state index contributed by atoms with van der Waals surface area (Å²) >= 11 is 1.15. The fourth-order valence-electron chi connectivity index (χ4n) is 1.67. The number of methoxy groups -OCH3 is 1. The lowest BCUT2D eigenvalue weighted by molar-refractivity contribution is 0.0591. The average molecular weight is 309 g/mol. The van der Waals surface area contributed by atoms with Crippen molar-refractivity contribution in [2.75, 3.05) is 19.0 Å². The molecule has 0 aliphatic heterocycles. The van der Waals surface area contributed by atoms with E-state index in [9.17, 15) is 9.59 Å². The maximum atomic E-state index is 11.6. The Morgan fingerprint density at radius 1 is 1.48 bits per heavy atom. The summed E-state index contributed by atoms with van der Waals surface area (Å²) in [6.45, 7) is 2.04. The van der Waals surface area contributed by atoms with Crippen molar-refractivity contribution in [3.05, 3.63) is 22.7 Å². The number of hydrogen-bond acceptors (Lipinski definition) is 8. The Hall–Kier alpha value is -2.29. The first-order valence-electron chi connectivity index (χ1n) is 6.30. The van der Waals surface area contributed by atoms with Gasteiger partial charge < -0.3 is 10.1 Å². The van der Waals surface area contributed by atoms with Crippen molar-refractivity contribution in [2.45, 2.75) is 19.8 Å². The minimum atomic E-state index is -0.605. The highest BCUT2D eigenvalue weighted by Crippen LogP contribution is 2.24. The summed E-state index contributed by atoms with van der Waals surface area (Å²) in [6.07, 6.45) is 3.03. The molecule has 2 aromatic rings. The molecule has 2 rings (SSSR count). The lowest BCUT2D eigenvalue weighted by Gasteiger charge is -2.00. The zero-order chi connectivity index (χ0) is 15.2. The number of aromatic amines is 1. The minimum Gasteiger partial charge on any atom is -0.464 e. The normalized spacial score (nSPS) is 10.4. The number of anilines is 1. The van der Waals surface area contributed by atoms with Gasteiger partial charge in [-0.15, -0.1) is 0 Å². The van der Waals surface area contributed by atoms with Crippen LogP contribution in [0.3, 0.4) is 0 Å². The van der Waals surface area contributed by atoms with Gasteiger partial charge in [-0.1, -0.05) is 11.3 Å². The summed E-state index contributed by atoms with van der Waals surface area (Å²) < 4.78 is 4.62. The van der Waals surface area contributed by atoms with Crippen molar-refractivity contribution in [2.24, 2.45) is 0 Å². The molecule has 112 valence electrons. The van der Waals surface area contributed by atoms with Crippen LogP contribution in [0.1, 0.15) is 39.3 Å². The molecule has 0 unspecified atom stereocenters. The lowest BCUT2D eigenvalue weighted by atomic mass is 10.3. The summed E-state index contributed by atoms with van der Waals surface area (Å²) in [5.74, 6) is 0.00406. The summed E-state index contributed by atoms with van der Waals surface area (Å²) in [4.78, 5) is 31.5. The van der Waals surface area contributed by atoms with E-state index < -0.39 is 5.97 Å². The van der Waals surface area contributed by atoms with E-state index in [1.165, 1.54) is 20.4 Å². The van der Waals surface area contributed by atoms with Crippen molar-refractivity contribution in [3.8, 4) is 0 Å². The van der Waals surface area contributed by atoms with Crippen LogP contribution in [0.5, 0.6) is 0 Å². The highest BCUT2D eigenvalue weighted by atomic mass is 32.1. The maximum absolute atomic E-state index is 11.6. The number of hydrogen-bond donors (Lipinski definition) is 2. The van der Waals surface area contributed by atoms with Crippen LogP contribution in [0.4, 0.5) is 5.13 Å². The SMILES string of the molecule is COC(=O)c1nc(NCCCc2ncn[nH]2)sc1C(C)=O. The molecule has 2 aromatic heterocycles. The Morgan fingerprint density at radius 3 is 2.90 bits per heavy atom. The molecule has 0 bridgehead atoms. The zero-order valence-corrected chi connectivity index (χ0v) is 12.5. The molecule has 0 saturated carbocycles. The van der Waals surface area contributed by atoms with Gasteiger partial charge in [0.1, 0.15) is 17.0 Å². The number of aromatic nitrogens is 4. The predicted octanol–water partition coefficient (Wildman–Crippen LogP) is 1.30. The van der Waals surface area contributed by atoms with Crippen LogP contribution >= 0.6 is 11.3 Å². The van der Waals surface area contributed by atoms with Gasteiger partial charge >= 0.3 is 5.97 Å². The third-order valence-corrected chi connectivity index (χ3v) is 3.77. The third-order valence-electron chi connectivity index (χ3n) is 2.66. The van der Waals surface area contributed by atoms with Gasteiger partial charge in [-0.3, -0.25) is 9.89 Å². The standard InChI is InChI=1S/C12H15N5O3S/c1-7(18)10-9(11(19)20-2)16-12(21-10)13-5-3-4-8-14-6-15-17-8/h6H,3-5H2,1-2H3,(H,13,16)(H,14,15,17). The molecule has 21 heavy (non-hydrogen) atoms. The Labute approximate surface area is 125 Å². The predicted molar refractivity (Wildman–Crippen MR) is 76.7 cm³/mol. The minimum absolute atomic E-state index is 0.0627. The first-order valence-corrected chi connectivity index (χ1v) is 7.11. The number of esters is 1. The number of H-pyrrole nitrogens is 1. The number of nitrogens with zero attached hydrogens (tertiary/aromatic N) is 3. The maximum Gasteiger partial charge on any atom is 0.358 e. The van der Waals surface area contributed by atoms with Crippen molar-refractivity contribution >= 4 is 28.2 Å². The van der Waals surface area contributed by atoms with E-state index in [-0.39, 0.29) is 11.5 Å². The van der Waals surface area contributed by atoms with Crippen molar-refractivity contribution < 1.29 is 14.3 Å². The van der Waals surface area contributed by atoms with Crippen LogP contribution in [-0.2, 0) is 11.2 Å². The van der Waals surface area contributed by atoms with Gasteiger partial charge in [0.2, 0.25) is 0 Å². The van der Waals surface area contributed by atoms with E-state index in [0.29, 0.717) is 16.6 Å². The number of ketones is 1. The van der Waals surface area contributed by atoms with Crippen LogP contribution in [0.2, 0.25) is 0 Å². The molecular weight excluding hydrogens is 294 g/mol. The molecule has 0 fully saturated rings. The van der Waals surface area contributed by atoms with E-state index in [1.54, 1.807) is 0 Å². The van der Waals surface area contributed by atoms with E-state index in [4.69, 9.17) is 0 Å². The molecule has 0 atom stereocenters. The van der Waals surface area contributed by atoms with Crippen LogP contribution in [0.15, 0.2) is 6.33 Å². The Kier molecular flexibility index (Phi) is 4.99. The second-order valence-corrected chi connectivity index (χ2v) is 5.21. The monoisotopic (exact) mass is 309 g/mol. The molecule has 0 radical (unpaired) electrons. The summed E-state index contributed by atoms with van der Waals surface area (Å²) in [5.41, 5.74) is 0.0627. The second kappa shape index (κ2) is 6.93. The van der Waals surface area contributed by atoms with Crippen molar-refractivity contribution in [1.29, 1.82) is 0 Å². The summed E-state index contributed by atoms with van der Waals surface area (Å²) in [7, 11) is 1.26. The molecule has 0 aromatic carbocycles. The highest BCUT2D eigenvalue weighted by Gasteiger charge is 2.21. The molecule has 0 aliphatic rings. The molecule has 0 spiro atoms. The van der Waals surface area contributed by atoms with E-state index >= 15 is 0 Å². The summed E-state index contributed by atoms with van der Waals surface area (Å²) in [5, 5.41) is 10.2. The van der Waals surface area contributed by atoms with Crippen molar-refractivity contribution in [1.82, 2.24) is 20.2 Å². The number of rotatable bonds is 7. The largest absolute Gasteiger partial charge is 0.464 e. The van der Waals surface area contributed by atoms with E-state index in [0.717, 1.165) is 30.0 Å². The first-order chi connectivity index (χ1) is 10.1. The van der Waals surface area contributed by atoms with Crippen molar-refractivity contribution in [3.63, 3.8) is 0 Å². The molecule has 8 nitrogen and oxygen atoms in total. The number of carbonyl (C=O) groups excluding carboxylic acids is 2. The highest BCUT2D eigenvalue weighted by molar-refractivity contribution is 7.17. The smallest absolute Gasteiger partial charge is 0.358 e. The van der Waals surface area contributed by atoms with Gasteiger partial charge in [-0.05, 0) is 6.42 Å². The van der Waals surface area contributed by atoms with Gasteiger partial charge in [0, 0.05) is 19.9 Å². The van der Waals surface area contributed by atoms with E-state index in [1.807, 2.05) is 0 Å². The lowest BCUT2D eigenvalue weighted by Crippen LogP contribution is -2.07. The quantitative estimate of drug-likeness (QED) is 0.450. The fourth-order valence-corrected chi connectivity index (χ4v) is 2.55. The molecule has 2 heterocycles. The average Bonchev–Trinajstić information content (AvgIpc) is 3.12. The van der Waals surface area contributed by atoms with Gasteiger partial charge in [0.25, 0.3) is 0 Å². The Morgan fingerprint density at radius 2 is 2.29 bits per heavy atom. The number of thiazole rings is 1. The second-order valence-electron chi connectivity index (χ2n) is 4.21. The fraction of sp³-hybridized carbons (Fsp3) is 0.417. The topological polar surface area (TPSA) is 110 Å². The van der Waals surface area contributed by atoms with Gasteiger partial charge in [0.15, 0.2) is 16.6 Å². The third kappa shape index (κ3) is 3.85. The van der Waals surface area contributed by atoms with Gasteiger partial charge in [0.05, 0.1) is 7.11 Å². The zero-order valence-electron chi connectivity index (χ0n) is 11.7. The molecule has 0 amide bonds. The summed E-state index contributed by atoms with van der Waals surface area (Å²) in [6, 6.07) is 0. The number of carbonyl (C=O) groups is 2. The molecular formula is C12H15N5O3S. The van der Waals surface area contributed by atoms with Gasteiger partial charge in [-0.2, -0.15) is 5.10 Å². The molecule has 0 saturated heterocycles. The van der Waals surface area contributed by atoms with Crippen LogP contribution in [0.25, 0.3) is 0 Å². The Balaban J connectivity index is 1.94. The first kappa shape index (κ1) is 15.1. The van der Waals surface area contributed by atoms with E-state index in [2.05, 4.69) is 30.2 Å². The molecule has 2 N–H and O–H groups in total. The van der Waals surface area contributed by atoms with Crippen LogP contribution < -0.4 is 5.32 Å². The van der Waals surface area contributed by atoms with Gasteiger partial charge in [-0.25, -0.2) is 14.8 Å². The number of Topliss-reactive ketones (excluding diaryl/α,β-unsaturated/α-hetero) is 1. The Bertz CT molecular complexity index is 623.